The Hall–Kier alpha value is -1.20. The minimum absolute atomic E-state index is 0.0670. The molecule has 1 fully saturated rings. The lowest BCUT2D eigenvalue weighted by Crippen LogP contribution is -2.48. The molecule has 2 N–H and O–H groups in total. The molecular formula is C12H20N4O. The molecule has 1 aliphatic heterocycles. The molecule has 0 aromatic carbocycles. The third-order valence-electron chi connectivity index (χ3n) is 3.26. The highest BCUT2D eigenvalue weighted by atomic mass is 16.3. The van der Waals surface area contributed by atoms with Crippen LogP contribution in [0.2, 0.25) is 0 Å². The van der Waals surface area contributed by atoms with Crippen molar-refractivity contribution in [1.82, 2.24) is 20.3 Å². The van der Waals surface area contributed by atoms with Gasteiger partial charge in [-0.05, 0) is 26.2 Å². The summed E-state index contributed by atoms with van der Waals surface area (Å²) in [6, 6.07) is 0.332. The predicted molar refractivity (Wildman–Crippen MR) is 65.3 cm³/mol. The van der Waals surface area contributed by atoms with Gasteiger partial charge in [-0.25, -0.2) is 0 Å². The molecule has 0 radical (unpaired) electrons. The van der Waals surface area contributed by atoms with Crippen LogP contribution >= 0.6 is 0 Å². The Balaban J connectivity index is 2.16. The van der Waals surface area contributed by atoms with E-state index in [0.717, 1.165) is 12.1 Å². The Bertz CT molecular complexity index is 403. The summed E-state index contributed by atoms with van der Waals surface area (Å²) in [5.74, 6) is 0. The smallest absolute Gasteiger partial charge is 0.0997 e. The highest BCUT2D eigenvalue weighted by molar-refractivity contribution is 5.08. The molecule has 1 saturated heterocycles. The molecule has 3 atom stereocenters. The van der Waals surface area contributed by atoms with Gasteiger partial charge in [0.1, 0.15) is 0 Å². The van der Waals surface area contributed by atoms with Crippen molar-refractivity contribution >= 4 is 0 Å². The number of hydrogen-bond acceptors (Lipinski definition) is 4. The zero-order valence-electron chi connectivity index (χ0n) is 10.4. The van der Waals surface area contributed by atoms with E-state index < -0.39 is 5.60 Å². The summed E-state index contributed by atoms with van der Waals surface area (Å²) in [6.07, 6.45) is 5.70. The molecule has 0 unspecified atom stereocenters. The quantitative estimate of drug-likeness (QED) is 0.767. The highest BCUT2D eigenvalue weighted by Gasteiger charge is 2.37. The van der Waals surface area contributed by atoms with Crippen molar-refractivity contribution in [3.05, 3.63) is 24.5 Å². The Morgan fingerprint density at radius 1 is 1.71 bits per heavy atom. The molecule has 0 amide bonds. The van der Waals surface area contributed by atoms with E-state index in [2.05, 4.69) is 29.1 Å². The third-order valence-corrected chi connectivity index (χ3v) is 3.26. The van der Waals surface area contributed by atoms with Gasteiger partial charge >= 0.3 is 0 Å². The van der Waals surface area contributed by atoms with Gasteiger partial charge in [0, 0.05) is 19.3 Å². The van der Waals surface area contributed by atoms with Crippen LogP contribution in [-0.2, 0) is 7.05 Å². The largest absolute Gasteiger partial charge is 0.389 e. The van der Waals surface area contributed by atoms with E-state index in [9.17, 15) is 5.11 Å². The van der Waals surface area contributed by atoms with E-state index in [-0.39, 0.29) is 12.1 Å². The van der Waals surface area contributed by atoms with Gasteiger partial charge in [0.2, 0.25) is 0 Å². The topological polar surface area (TPSA) is 63.0 Å². The number of piperidine rings is 1. The first kappa shape index (κ1) is 12.3. The lowest BCUT2D eigenvalue weighted by atomic mass is 9.81. The van der Waals surface area contributed by atoms with Crippen molar-refractivity contribution in [2.24, 2.45) is 7.05 Å². The highest BCUT2D eigenvalue weighted by Crippen LogP contribution is 2.34. The molecule has 5 heteroatoms. The van der Waals surface area contributed by atoms with Crippen LogP contribution in [0.25, 0.3) is 0 Å². The average Bonchev–Trinajstić information content (AvgIpc) is 2.63. The first-order valence-corrected chi connectivity index (χ1v) is 5.98. The van der Waals surface area contributed by atoms with Gasteiger partial charge in [-0.1, -0.05) is 11.3 Å². The molecule has 5 nitrogen and oxygen atoms in total. The average molecular weight is 236 g/mol. The van der Waals surface area contributed by atoms with Crippen LogP contribution < -0.4 is 5.32 Å². The van der Waals surface area contributed by atoms with Crippen LogP contribution in [0.3, 0.4) is 0 Å². The summed E-state index contributed by atoms with van der Waals surface area (Å²) in [4.78, 5) is 0. The van der Waals surface area contributed by atoms with Crippen molar-refractivity contribution in [2.45, 2.75) is 43.9 Å². The number of aryl methyl sites for hydroxylation is 1. The molecule has 0 saturated carbocycles. The molecule has 94 valence electrons. The summed E-state index contributed by atoms with van der Waals surface area (Å²) in [6.45, 7) is 5.79. The minimum atomic E-state index is -0.672. The van der Waals surface area contributed by atoms with Crippen LogP contribution in [0, 0.1) is 0 Å². The summed E-state index contributed by atoms with van der Waals surface area (Å²) < 4.78 is 1.68. The lowest BCUT2D eigenvalue weighted by Gasteiger charge is -2.40. The fourth-order valence-electron chi connectivity index (χ4n) is 2.64. The summed E-state index contributed by atoms with van der Waals surface area (Å²) in [5.41, 5.74) is 0.218. The SMILES string of the molecule is C=CC[C@@]1(O)C[C@@H](c2cn(C)nn2)N[C@@H](C)C1. The summed E-state index contributed by atoms with van der Waals surface area (Å²) in [7, 11) is 1.85. The standard InChI is InChI=1S/C12H20N4O/c1-4-5-12(17)6-9(2)13-10(7-12)11-8-16(3)15-14-11/h4,8-10,13,17H,1,5-7H2,2-3H3/t9-,10-,12-/m0/s1. The first-order valence-electron chi connectivity index (χ1n) is 5.98. The lowest BCUT2D eigenvalue weighted by molar-refractivity contribution is -0.0157. The van der Waals surface area contributed by atoms with Gasteiger partial charge in [-0.15, -0.1) is 11.7 Å². The second-order valence-electron chi connectivity index (χ2n) is 5.06. The van der Waals surface area contributed by atoms with Crippen molar-refractivity contribution in [3.63, 3.8) is 0 Å². The van der Waals surface area contributed by atoms with Crippen molar-refractivity contribution in [2.75, 3.05) is 0 Å². The van der Waals surface area contributed by atoms with Gasteiger partial charge in [0.15, 0.2) is 0 Å². The zero-order chi connectivity index (χ0) is 12.5. The fourth-order valence-corrected chi connectivity index (χ4v) is 2.64. The minimum Gasteiger partial charge on any atom is -0.389 e. The molecule has 1 aromatic heterocycles. The van der Waals surface area contributed by atoms with Crippen LogP contribution in [-0.4, -0.2) is 31.7 Å². The summed E-state index contributed by atoms with van der Waals surface area (Å²) >= 11 is 0. The zero-order valence-corrected chi connectivity index (χ0v) is 10.4. The summed E-state index contributed by atoms with van der Waals surface area (Å²) in [5, 5.41) is 22.0. The monoisotopic (exact) mass is 236 g/mol. The van der Waals surface area contributed by atoms with E-state index in [4.69, 9.17) is 0 Å². The normalized spacial score (nSPS) is 33.6. The van der Waals surface area contributed by atoms with Gasteiger partial charge < -0.3 is 10.4 Å². The number of aliphatic hydroxyl groups is 1. The molecule has 1 aliphatic rings. The molecule has 0 aliphatic carbocycles. The molecule has 1 aromatic rings. The molecule has 0 bridgehead atoms. The number of nitrogens with one attached hydrogen (secondary N) is 1. The maximum absolute atomic E-state index is 10.5. The molecule has 0 spiro atoms. The van der Waals surface area contributed by atoms with Gasteiger partial charge in [0.25, 0.3) is 0 Å². The number of nitrogens with zero attached hydrogens (tertiary/aromatic N) is 3. The van der Waals surface area contributed by atoms with E-state index in [1.54, 1.807) is 10.8 Å². The molecular weight excluding hydrogens is 216 g/mol. The van der Waals surface area contributed by atoms with Gasteiger partial charge in [-0.2, -0.15) is 0 Å². The fraction of sp³-hybridized carbons (Fsp3) is 0.667. The number of hydrogen-bond donors (Lipinski definition) is 2. The van der Waals surface area contributed by atoms with Crippen LogP contribution in [0.5, 0.6) is 0 Å². The predicted octanol–water partition coefficient (Wildman–Crippen LogP) is 0.935. The molecule has 17 heavy (non-hydrogen) atoms. The Labute approximate surface area is 102 Å². The molecule has 2 rings (SSSR count). The van der Waals surface area contributed by atoms with Gasteiger partial charge in [0.05, 0.1) is 17.3 Å². The van der Waals surface area contributed by atoms with E-state index in [0.29, 0.717) is 12.8 Å². The van der Waals surface area contributed by atoms with Gasteiger partial charge in [-0.3, -0.25) is 4.68 Å². The van der Waals surface area contributed by atoms with Crippen LogP contribution in [0.4, 0.5) is 0 Å². The number of rotatable bonds is 3. The molecule has 2 heterocycles. The van der Waals surface area contributed by atoms with Crippen LogP contribution in [0.15, 0.2) is 18.9 Å². The van der Waals surface area contributed by atoms with Crippen molar-refractivity contribution in [1.29, 1.82) is 0 Å². The first-order chi connectivity index (χ1) is 8.02. The third kappa shape index (κ3) is 2.73. The van der Waals surface area contributed by atoms with E-state index in [1.165, 1.54) is 0 Å². The van der Waals surface area contributed by atoms with E-state index >= 15 is 0 Å². The maximum atomic E-state index is 10.5. The van der Waals surface area contributed by atoms with Crippen LogP contribution in [0.1, 0.15) is 37.9 Å². The Kier molecular flexibility index (Phi) is 3.31. The Morgan fingerprint density at radius 2 is 2.47 bits per heavy atom. The van der Waals surface area contributed by atoms with E-state index in [1.807, 2.05) is 13.2 Å². The second kappa shape index (κ2) is 4.58. The van der Waals surface area contributed by atoms with Crippen molar-refractivity contribution in [3.8, 4) is 0 Å². The Morgan fingerprint density at radius 3 is 3.06 bits per heavy atom. The second-order valence-corrected chi connectivity index (χ2v) is 5.06. The number of aromatic nitrogens is 3. The van der Waals surface area contributed by atoms with Crippen molar-refractivity contribution < 1.29 is 5.11 Å². The maximum Gasteiger partial charge on any atom is 0.0997 e.